The number of nitrogen functional groups attached to an aromatic ring is 1. The first-order valence-electron chi connectivity index (χ1n) is 5.52. The monoisotopic (exact) mass is 250 g/mol. The van der Waals surface area contributed by atoms with Crippen LogP contribution in [0.5, 0.6) is 0 Å². The minimum Gasteiger partial charge on any atom is -0.397 e. The summed E-state index contributed by atoms with van der Waals surface area (Å²) < 4.78 is 0. The van der Waals surface area contributed by atoms with Crippen molar-refractivity contribution in [3.05, 3.63) is 41.4 Å². The molecule has 0 saturated carbocycles. The SMILES string of the molecule is CCC(Nc1c(N)cccc1Cl)c1ncc[nH]1. The molecule has 2 rings (SSSR count). The van der Waals surface area contributed by atoms with Gasteiger partial charge in [-0.3, -0.25) is 0 Å². The van der Waals surface area contributed by atoms with Crippen molar-refractivity contribution in [3.63, 3.8) is 0 Å². The molecule has 0 radical (unpaired) electrons. The van der Waals surface area contributed by atoms with Crippen molar-refractivity contribution < 1.29 is 0 Å². The van der Waals surface area contributed by atoms with Gasteiger partial charge in [-0.25, -0.2) is 4.98 Å². The molecule has 1 aromatic carbocycles. The van der Waals surface area contributed by atoms with E-state index in [0.29, 0.717) is 10.7 Å². The van der Waals surface area contributed by atoms with E-state index in [4.69, 9.17) is 17.3 Å². The lowest BCUT2D eigenvalue weighted by Crippen LogP contribution is -2.12. The smallest absolute Gasteiger partial charge is 0.128 e. The summed E-state index contributed by atoms with van der Waals surface area (Å²) in [5.74, 6) is 0.881. The molecular formula is C12H15ClN4. The van der Waals surface area contributed by atoms with Gasteiger partial charge >= 0.3 is 0 Å². The third-order valence-corrected chi connectivity index (χ3v) is 2.94. The molecule has 1 unspecified atom stereocenters. The molecule has 0 amide bonds. The van der Waals surface area contributed by atoms with Gasteiger partial charge in [-0.15, -0.1) is 0 Å². The molecule has 0 saturated heterocycles. The summed E-state index contributed by atoms with van der Waals surface area (Å²) in [7, 11) is 0. The van der Waals surface area contributed by atoms with Crippen LogP contribution in [0.15, 0.2) is 30.6 Å². The molecular weight excluding hydrogens is 236 g/mol. The fourth-order valence-electron chi connectivity index (χ4n) is 1.70. The number of hydrogen-bond acceptors (Lipinski definition) is 3. The van der Waals surface area contributed by atoms with Crippen molar-refractivity contribution in [1.29, 1.82) is 0 Å². The molecule has 2 aromatic rings. The van der Waals surface area contributed by atoms with E-state index in [2.05, 4.69) is 22.2 Å². The maximum Gasteiger partial charge on any atom is 0.128 e. The molecule has 1 heterocycles. The van der Waals surface area contributed by atoms with Crippen LogP contribution in [0.1, 0.15) is 25.2 Å². The topological polar surface area (TPSA) is 66.7 Å². The number of halogens is 1. The maximum atomic E-state index is 6.12. The second-order valence-corrected chi connectivity index (χ2v) is 4.19. The normalized spacial score (nSPS) is 12.4. The summed E-state index contributed by atoms with van der Waals surface area (Å²) in [6.45, 7) is 2.08. The van der Waals surface area contributed by atoms with Crippen LogP contribution in [0.2, 0.25) is 5.02 Å². The second-order valence-electron chi connectivity index (χ2n) is 3.78. The standard InChI is InChI=1S/C12H15ClN4/c1-2-10(12-15-6-7-16-12)17-11-8(13)4-3-5-9(11)14/h3-7,10,17H,2,14H2,1H3,(H,15,16). The molecule has 0 aliphatic heterocycles. The summed E-state index contributed by atoms with van der Waals surface area (Å²) in [5.41, 5.74) is 7.30. The zero-order valence-electron chi connectivity index (χ0n) is 9.57. The average Bonchev–Trinajstić information content (AvgIpc) is 2.82. The largest absolute Gasteiger partial charge is 0.397 e. The molecule has 4 N–H and O–H groups in total. The Hall–Kier alpha value is -1.68. The zero-order valence-corrected chi connectivity index (χ0v) is 10.3. The number of aromatic nitrogens is 2. The number of hydrogen-bond donors (Lipinski definition) is 3. The first kappa shape index (κ1) is 11.8. The quantitative estimate of drug-likeness (QED) is 0.730. The highest BCUT2D eigenvalue weighted by Crippen LogP contribution is 2.31. The highest BCUT2D eigenvalue weighted by atomic mass is 35.5. The van der Waals surface area contributed by atoms with Gasteiger partial charge in [0, 0.05) is 12.4 Å². The number of para-hydroxylation sites is 1. The van der Waals surface area contributed by atoms with Gasteiger partial charge in [-0.1, -0.05) is 24.6 Å². The fourth-order valence-corrected chi connectivity index (χ4v) is 1.94. The van der Waals surface area contributed by atoms with Crippen molar-refractivity contribution in [2.45, 2.75) is 19.4 Å². The lowest BCUT2D eigenvalue weighted by Gasteiger charge is -2.18. The van der Waals surface area contributed by atoms with Gasteiger partial charge < -0.3 is 16.0 Å². The van der Waals surface area contributed by atoms with Gasteiger partial charge in [0.15, 0.2) is 0 Å². The number of imidazole rings is 1. The molecule has 1 aromatic heterocycles. The van der Waals surface area contributed by atoms with E-state index in [1.807, 2.05) is 18.2 Å². The minimum atomic E-state index is 0.0761. The number of nitrogens with two attached hydrogens (primary N) is 1. The van der Waals surface area contributed by atoms with E-state index >= 15 is 0 Å². The number of H-pyrrole nitrogens is 1. The number of benzene rings is 1. The average molecular weight is 251 g/mol. The Morgan fingerprint density at radius 2 is 2.35 bits per heavy atom. The van der Waals surface area contributed by atoms with E-state index in [1.165, 1.54) is 0 Å². The molecule has 90 valence electrons. The second kappa shape index (κ2) is 5.10. The lowest BCUT2D eigenvalue weighted by atomic mass is 10.2. The molecule has 0 aliphatic rings. The van der Waals surface area contributed by atoms with Crippen LogP contribution < -0.4 is 11.1 Å². The summed E-state index contributed by atoms with van der Waals surface area (Å²) in [6.07, 6.45) is 4.42. The van der Waals surface area contributed by atoms with Gasteiger partial charge in [0.05, 0.1) is 22.4 Å². The van der Waals surface area contributed by atoms with Crippen molar-refractivity contribution in [3.8, 4) is 0 Å². The van der Waals surface area contributed by atoms with Crippen molar-refractivity contribution >= 4 is 23.0 Å². The molecule has 0 bridgehead atoms. The summed E-state index contributed by atoms with van der Waals surface area (Å²) in [6, 6.07) is 5.54. The van der Waals surface area contributed by atoms with E-state index in [-0.39, 0.29) is 6.04 Å². The molecule has 0 fully saturated rings. The van der Waals surface area contributed by atoms with Crippen LogP contribution >= 0.6 is 11.6 Å². The Bertz CT molecular complexity index is 461. The van der Waals surface area contributed by atoms with Gasteiger partial charge in [0.1, 0.15) is 5.82 Å². The molecule has 0 aliphatic carbocycles. The molecule has 0 spiro atoms. The van der Waals surface area contributed by atoms with Crippen molar-refractivity contribution in [2.75, 3.05) is 11.1 Å². The fraction of sp³-hybridized carbons (Fsp3) is 0.250. The first-order chi connectivity index (χ1) is 8.22. The van der Waals surface area contributed by atoms with E-state index < -0.39 is 0 Å². The van der Waals surface area contributed by atoms with Crippen LogP contribution in [0.25, 0.3) is 0 Å². The van der Waals surface area contributed by atoms with Gasteiger partial charge in [-0.05, 0) is 18.6 Å². The van der Waals surface area contributed by atoms with Gasteiger partial charge in [0.25, 0.3) is 0 Å². The van der Waals surface area contributed by atoms with Crippen molar-refractivity contribution in [1.82, 2.24) is 9.97 Å². The highest BCUT2D eigenvalue weighted by Gasteiger charge is 2.14. The lowest BCUT2D eigenvalue weighted by molar-refractivity contribution is 0.704. The molecule has 17 heavy (non-hydrogen) atoms. The number of rotatable bonds is 4. The first-order valence-corrected chi connectivity index (χ1v) is 5.90. The molecule has 5 heteroatoms. The maximum absolute atomic E-state index is 6.12. The van der Waals surface area contributed by atoms with Gasteiger partial charge in [0.2, 0.25) is 0 Å². The number of nitrogens with one attached hydrogen (secondary N) is 2. The van der Waals surface area contributed by atoms with E-state index in [0.717, 1.165) is 17.9 Å². The predicted octanol–water partition coefficient (Wildman–Crippen LogP) is 3.21. The minimum absolute atomic E-state index is 0.0761. The van der Waals surface area contributed by atoms with Crippen molar-refractivity contribution in [2.24, 2.45) is 0 Å². The number of nitrogens with zero attached hydrogens (tertiary/aromatic N) is 1. The van der Waals surface area contributed by atoms with E-state index in [1.54, 1.807) is 12.4 Å². The van der Waals surface area contributed by atoms with E-state index in [9.17, 15) is 0 Å². The Labute approximate surface area is 105 Å². The third-order valence-electron chi connectivity index (χ3n) is 2.62. The van der Waals surface area contributed by atoms with Crippen LogP contribution in [0.3, 0.4) is 0 Å². The summed E-state index contributed by atoms with van der Waals surface area (Å²) >= 11 is 6.12. The Kier molecular flexibility index (Phi) is 3.54. The molecule has 4 nitrogen and oxygen atoms in total. The van der Waals surface area contributed by atoms with Crippen LogP contribution in [-0.4, -0.2) is 9.97 Å². The van der Waals surface area contributed by atoms with Gasteiger partial charge in [-0.2, -0.15) is 0 Å². The Morgan fingerprint density at radius 3 is 2.94 bits per heavy atom. The molecule has 1 atom stereocenters. The Balaban J connectivity index is 2.25. The van der Waals surface area contributed by atoms with Crippen LogP contribution in [0.4, 0.5) is 11.4 Å². The highest BCUT2D eigenvalue weighted by molar-refractivity contribution is 6.33. The van der Waals surface area contributed by atoms with Crippen LogP contribution in [0, 0.1) is 0 Å². The summed E-state index contributed by atoms with van der Waals surface area (Å²) in [4.78, 5) is 7.33. The Morgan fingerprint density at radius 1 is 1.53 bits per heavy atom. The number of anilines is 2. The van der Waals surface area contributed by atoms with Crippen LogP contribution in [-0.2, 0) is 0 Å². The number of aromatic amines is 1. The summed E-state index contributed by atoms with van der Waals surface area (Å²) in [5, 5.41) is 3.94. The third kappa shape index (κ3) is 2.53. The predicted molar refractivity (Wildman–Crippen MR) is 71.1 cm³/mol. The zero-order chi connectivity index (χ0) is 12.3.